The highest BCUT2D eigenvalue weighted by molar-refractivity contribution is 5.19. The Kier molecular flexibility index (Phi) is 2.60. The van der Waals surface area contributed by atoms with Crippen LogP contribution in [0.3, 0.4) is 0 Å². The maximum atomic E-state index is 12.8. The number of halogens is 1. The molecule has 0 saturated carbocycles. The predicted molar refractivity (Wildman–Crippen MR) is 51.3 cm³/mol. The highest BCUT2D eigenvalue weighted by atomic mass is 19.1. The van der Waals surface area contributed by atoms with Crippen molar-refractivity contribution in [1.82, 2.24) is 5.32 Å². The van der Waals surface area contributed by atoms with E-state index in [1.165, 1.54) is 5.56 Å². The molecule has 1 aromatic carbocycles. The molecule has 2 atom stereocenters. The zero-order chi connectivity index (χ0) is 9.10. The van der Waals surface area contributed by atoms with Crippen LogP contribution in [0.1, 0.15) is 24.4 Å². The average Bonchev–Trinajstić information content (AvgIpc) is 2.20. The molecule has 1 aromatic rings. The third-order valence-corrected chi connectivity index (χ3v) is 2.56. The molecule has 2 heteroatoms. The normalized spacial score (nSPS) is 28.7. The maximum absolute atomic E-state index is 12.8. The smallest absolute Gasteiger partial charge is 0.113 e. The van der Waals surface area contributed by atoms with Gasteiger partial charge in [-0.2, -0.15) is 0 Å². The Morgan fingerprint density at radius 2 is 1.92 bits per heavy atom. The van der Waals surface area contributed by atoms with Crippen LogP contribution < -0.4 is 5.32 Å². The molecule has 0 bridgehead atoms. The van der Waals surface area contributed by atoms with Crippen molar-refractivity contribution in [3.63, 3.8) is 0 Å². The van der Waals surface area contributed by atoms with E-state index in [4.69, 9.17) is 0 Å². The summed E-state index contributed by atoms with van der Waals surface area (Å²) in [6, 6.07) is 10.6. The molecule has 13 heavy (non-hydrogen) atoms. The summed E-state index contributed by atoms with van der Waals surface area (Å²) >= 11 is 0. The van der Waals surface area contributed by atoms with Crippen LogP contribution in [0.4, 0.5) is 4.39 Å². The van der Waals surface area contributed by atoms with Crippen LogP contribution in [0.25, 0.3) is 0 Å². The minimum atomic E-state index is -0.653. The lowest BCUT2D eigenvalue weighted by Crippen LogP contribution is -2.34. The van der Waals surface area contributed by atoms with Crippen LogP contribution in [-0.2, 0) is 0 Å². The topological polar surface area (TPSA) is 12.0 Å². The van der Waals surface area contributed by atoms with Crippen molar-refractivity contribution in [1.29, 1.82) is 0 Å². The van der Waals surface area contributed by atoms with Gasteiger partial charge in [0, 0.05) is 12.6 Å². The monoisotopic (exact) mass is 179 g/mol. The van der Waals surface area contributed by atoms with E-state index in [0.29, 0.717) is 19.0 Å². The summed E-state index contributed by atoms with van der Waals surface area (Å²) in [4.78, 5) is 0. The summed E-state index contributed by atoms with van der Waals surface area (Å²) < 4.78 is 12.8. The number of hydrogen-bond donors (Lipinski definition) is 1. The molecule has 1 fully saturated rings. The second-order valence-electron chi connectivity index (χ2n) is 3.55. The Morgan fingerprint density at radius 3 is 2.54 bits per heavy atom. The molecule has 2 rings (SSSR count). The fourth-order valence-electron chi connectivity index (χ4n) is 1.79. The van der Waals surface area contributed by atoms with Crippen molar-refractivity contribution in [2.45, 2.75) is 25.1 Å². The standard InChI is InChI=1S/C11H14FN/c12-10-6-7-11(13-8-10)9-4-2-1-3-5-9/h1-5,10-11,13H,6-8H2/t10-,11-/m0/s1. The fraction of sp³-hybridized carbons (Fsp3) is 0.455. The molecule has 1 N–H and O–H groups in total. The lowest BCUT2D eigenvalue weighted by atomic mass is 9.97. The number of alkyl halides is 1. The largest absolute Gasteiger partial charge is 0.307 e. The van der Waals surface area contributed by atoms with Gasteiger partial charge in [0.15, 0.2) is 0 Å². The van der Waals surface area contributed by atoms with E-state index in [2.05, 4.69) is 17.4 Å². The molecule has 0 aromatic heterocycles. The number of piperidine rings is 1. The van der Waals surface area contributed by atoms with Crippen molar-refractivity contribution in [3.8, 4) is 0 Å². The van der Waals surface area contributed by atoms with Gasteiger partial charge in [-0.05, 0) is 18.4 Å². The number of hydrogen-bond acceptors (Lipinski definition) is 1. The van der Waals surface area contributed by atoms with Gasteiger partial charge in [0.1, 0.15) is 6.17 Å². The lowest BCUT2D eigenvalue weighted by molar-refractivity contribution is 0.234. The third kappa shape index (κ3) is 2.07. The number of rotatable bonds is 1. The van der Waals surface area contributed by atoms with Gasteiger partial charge in [-0.3, -0.25) is 0 Å². The molecule has 1 saturated heterocycles. The van der Waals surface area contributed by atoms with E-state index >= 15 is 0 Å². The molecule has 0 amide bonds. The van der Waals surface area contributed by atoms with Gasteiger partial charge >= 0.3 is 0 Å². The molecule has 1 nitrogen and oxygen atoms in total. The van der Waals surface area contributed by atoms with Crippen LogP contribution in [-0.4, -0.2) is 12.7 Å². The summed E-state index contributed by atoms with van der Waals surface area (Å²) in [7, 11) is 0. The van der Waals surface area contributed by atoms with Crippen molar-refractivity contribution in [3.05, 3.63) is 35.9 Å². The van der Waals surface area contributed by atoms with E-state index in [1.807, 2.05) is 18.2 Å². The quantitative estimate of drug-likeness (QED) is 0.698. The Labute approximate surface area is 78.0 Å². The second-order valence-corrected chi connectivity index (χ2v) is 3.55. The molecule has 0 unspecified atom stereocenters. The summed E-state index contributed by atoms with van der Waals surface area (Å²) in [5.41, 5.74) is 1.27. The molecular weight excluding hydrogens is 165 g/mol. The Balaban J connectivity index is 2.03. The predicted octanol–water partition coefficient (Wildman–Crippen LogP) is 2.45. The first-order chi connectivity index (χ1) is 6.36. The van der Waals surface area contributed by atoms with Crippen LogP contribution >= 0.6 is 0 Å². The average molecular weight is 179 g/mol. The minimum Gasteiger partial charge on any atom is -0.307 e. The first-order valence-electron chi connectivity index (χ1n) is 4.78. The van der Waals surface area contributed by atoms with Gasteiger partial charge in [-0.1, -0.05) is 30.3 Å². The van der Waals surface area contributed by atoms with Crippen LogP contribution in [0, 0.1) is 0 Å². The molecule has 1 aliphatic heterocycles. The van der Waals surface area contributed by atoms with Gasteiger partial charge in [0.25, 0.3) is 0 Å². The van der Waals surface area contributed by atoms with E-state index in [0.717, 1.165) is 6.42 Å². The fourth-order valence-corrected chi connectivity index (χ4v) is 1.79. The van der Waals surface area contributed by atoms with E-state index < -0.39 is 6.17 Å². The van der Waals surface area contributed by atoms with E-state index in [9.17, 15) is 4.39 Å². The maximum Gasteiger partial charge on any atom is 0.113 e. The van der Waals surface area contributed by atoms with Gasteiger partial charge in [-0.15, -0.1) is 0 Å². The van der Waals surface area contributed by atoms with Crippen molar-refractivity contribution in [2.75, 3.05) is 6.54 Å². The van der Waals surface area contributed by atoms with Crippen LogP contribution in [0.15, 0.2) is 30.3 Å². The van der Waals surface area contributed by atoms with Gasteiger partial charge < -0.3 is 5.32 Å². The first-order valence-corrected chi connectivity index (χ1v) is 4.78. The first kappa shape index (κ1) is 8.70. The van der Waals surface area contributed by atoms with Crippen molar-refractivity contribution >= 4 is 0 Å². The molecule has 0 radical (unpaired) electrons. The summed E-state index contributed by atoms with van der Waals surface area (Å²) in [6.45, 7) is 0.500. The third-order valence-electron chi connectivity index (χ3n) is 2.56. The van der Waals surface area contributed by atoms with E-state index in [-0.39, 0.29) is 0 Å². The highest BCUT2D eigenvalue weighted by Crippen LogP contribution is 2.23. The van der Waals surface area contributed by atoms with Gasteiger partial charge in [-0.25, -0.2) is 4.39 Å². The number of nitrogens with one attached hydrogen (secondary N) is 1. The Bertz CT molecular complexity index is 252. The summed E-state index contributed by atoms with van der Waals surface area (Å²) in [5, 5.41) is 3.21. The summed E-state index contributed by atoms with van der Waals surface area (Å²) in [6.07, 6.45) is 0.942. The Hall–Kier alpha value is -0.890. The summed E-state index contributed by atoms with van der Waals surface area (Å²) in [5.74, 6) is 0. The molecule has 0 aliphatic carbocycles. The highest BCUT2D eigenvalue weighted by Gasteiger charge is 2.20. The van der Waals surface area contributed by atoms with Crippen LogP contribution in [0.2, 0.25) is 0 Å². The van der Waals surface area contributed by atoms with Crippen LogP contribution in [0.5, 0.6) is 0 Å². The SMILES string of the molecule is F[C@H]1CC[C@@H](c2ccccc2)NC1. The lowest BCUT2D eigenvalue weighted by Gasteiger charge is -2.26. The molecule has 0 spiro atoms. The molecule has 1 aliphatic rings. The van der Waals surface area contributed by atoms with Crippen molar-refractivity contribution < 1.29 is 4.39 Å². The van der Waals surface area contributed by atoms with Gasteiger partial charge in [0.05, 0.1) is 0 Å². The second kappa shape index (κ2) is 3.88. The van der Waals surface area contributed by atoms with Gasteiger partial charge in [0.2, 0.25) is 0 Å². The van der Waals surface area contributed by atoms with Crippen molar-refractivity contribution in [2.24, 2.45) is 0 Å². The molecule has 70 valence electrons. The zero-order valence-electron chi connectivity index (χ0n) is 7.54. The zero-order valence-corrected chi connectivity index (χ0v) is 7.54. The van der Waals surface area contributed by atoms with E-state index in [1.54, 1.807) is 0 Å². The molecular formula is C11H14FN. The molecule has 1 heterocycles. The minimum absolute atomic E-state index is 0.355. The Morgan fingerprint density at radius 1 is 1.15 bits per heavy atom. The number of benzene rings is 1.